The number of non-ortho nitro benzene ring substituents is 1. The van der Waals surface area contributed by atoms with Crippen LogP contribution in [-0.2, 0) is 9.59 Å². The Morgan fingerprint density at radius 3 is 2.53 bits per heavy atom. The van der Waals surface area contributed by atoms with Crippen LogP contribution in [0.25, 0.3) is 6.08 Å². The number of carbonyl (C=O) groups excluding carboxylic acids is 2. The number of aryl methyl sites for hydroxylation is 1. The van der Waals surface area contributed by atoms with E-state index in [-0.39, 0.29) is 24.1 Å². The van der Waals surface area contributed by atoms with Gasteiger partial charge in [0.25, 0.3) is 17.5 Å². The summed E-state index contributed by atoms with van der Waals surface area (Å²) in [7, 11) is 0. The summed E-state index contributed by atoms with van der Waals surface area (Å²) >= 11 is 6.52. The Balaban J connectivity index is 1.48. The molecule has 0 aromatic heterocycles. The number of hydrogen-bond acceptors (Lipinski definition) is 8. The highest BCUT2D eigenvalue weighted by Gasteiger charge is 2.33. The number of thiocarbonyl (C=S) groups is 1. The SMILES string of the molecule is CCOc1cc(/C=C2/SC(=S)N(c3ccc([N+](=O)[O-])cc3)C2=O)ccc1OCC(=O)Nc1ccccc1C. The second-order valence-electron chi connectivity index (χ2n) is 8.08. The van der Waals surface area contributed by atoms with Crippen molar-refractivity contribution in [2.75, 3.05) is 23.4 Å². The molecule has 1 heterocycles. The van der Waals surface area contributed by atoms with Crippen molar-refractivity contribution in [2.45, 2.75) is 13.8 Å². The lowest BCUT2D eigenvalue weighted by atomic mass is 10.1. The lowest BCUT2D eigenvalue weighted by Gasteiger charge is -2.14. The Morgan fingerprint density at radius 1 is 1.11 bits per heavy atom. The van der Waals surface area contributed by atoms with Crippen molar-refractivity contribution in [3.05, 3.63) is 92.9 Å². The van der Waals surface area contributed by atoms with E-state index in [1.807, 2.05) is 38.1 Å². The maximum absolute atomic E-state index is 13.1. The molecule has 0 aliphatic carbocycles. The monoisotopic (exact) mass is 549 g/mol. The summed E-state index contributed by atoms with van der Waals surface area (Å²) < 4.78 is 11.8. The Labute approximate surface area is 228 Å². The molecular formula is C27H23N3O6S2. The van der Waals surface area contributed by atoms with E-state index < -0.39 is 4.92 Å². The standard InChI is InChI=1S/C27H23N3O6S2/c1-3-35-23-14-18(8-13-22(23)36-16-25(31)28-21-7-5-4-6-17(21)2)15-24-26(32)29(27(37)38-24)19-9-11-20(12-10-19)30(33)34/h4-15H,3,16H2,1-2H3,(H,28,31)/b24-15+. The molecule has 0 unspecified atom stereocenters. The minimum Gasteiger partial charge on any atom is -0.490 e. The average molecular weight is 550 g/mol. The van der Waals surface area contributed by atoms with Crippen molar-refractivity contribution in [1.29, 1.82) is 0 Å². The number of nitro groups is 1. The number of nitrogens with one attached hydrogen (secondary N) is 1. The predicted molar refractivity (Wildman–Crippen MR) is 152 cm³/mol. The molecular weight excluding hydrogens is 526 g/mol. The predicted octanol–water partition coefficient (Wildman–Crippen LogP) is 5.73. The van der Waals surface area contributed by atoms with Crippen LogP contribution in [0.2, 0.25) is 0 Å². The van der Waals surface area contributed by atoms with E-state index in [2.05, 4.69) is 5.32 Å². The van der Waals surface area contributed by atoms with Crippen molar-refractivity contribution in [1.82, 2.24) is 0 Å². The number of anilines is 2. The topological polar surface area (TPSA) is 111 Å². The molecule has 194 valence electrons. The van der Waals surface area contributed by atoms with Crippen LogP contribution < -0.4 is 19.7 Å². The molecule has 1 N–H and O–H groups in total. The lowest BCUT2D eigenvalue weighted by Crippen LogP contribution is -2.27. The van der Waals surface area contributed by atoms with E-state index in [1.165, 1.54) is 29.2 Å². The molecule has 0 spiro atoms. The van der Waals surface area contributed by atoms with Crippen LogP contribution in [-0.4, -0.2) is 34.3 Å². The number of rotatable bonds is 9. The molecule has 38 heavy (non-hydrogen) atoms. The molecule has 1 saturated heterocycles. The van der Waals surface area contributed by atoms with E-state index >= 15 is 0 Å². The van der Waals surface area contributed by atoms with Crippen LogP contribution in [0.5, 0.6) is 11.5 Å². The number of benzene rings is 3. The van der Waals surface area contributed by atoms with Gasteiger partial charge >= 0.3 is 0 Å². The summed E-state index contributed by atoms with van der Waals surface area (Å²) in [5, 5.41) is 13.7. The third kappa shape index (κ3) is 6.18. The Kier molecular flexibility index (Phi) is 8.39. The first-order valence-electron chi connectivity index (χ1n) is 11.5. The molecule has 3 aromatic carbocycles. The normalized spacial score (nSPS) is 14.1. The average Bonchev–Trinajstić information content (AvgIpc) is 3.17. The molecule has 1 aliphatic heterocycles. The zero-order valence-corrected chi connectivity index (χ0v) is 22.1. The number of hydrogen-bond donors (Lipinski definition) is 1. The van der Waals surface area contributed by atoms with Gasteiger partial charge < -0.3 is 14.8 Å². The van der Waals surface area contributed by atoms with Gasteiger partial charge in [-0.05, 0) is 61.4 Å². The van der Waals surface area contributed by atoms with Gasteiger partial charge in [-0.25, -0.2) is 0 Å². The number of ether oxygens (including phenoxy) is 2. The summed E-state index contributed by atoms with van der Waals surface area (Å²) in [6, 6.07) is 18.2. The first-order chi connectivity index (χ1) is 18.3. The molecule has 4 rings (SSSR count). The van der Waals surface area contributed by atoms with Gasteiger partial charge in [-0.3, -0.25) is 24.6 Å². The smallest absolute Gasteiger partial charge is 0.270 e. The Morgan fingerprint density at radius 2 is 1.84 bits per heavy atom. The highest BCUT2D eigenvalue weighted by molar-refractivity contribution is 8.27. The maximum atomic E-state index is 13.1. The minimum absolute atomic E-state index is 0.0758. The lowest BCUT2D eigenvalue weighted by molar-refractivity contribution is -0.384. The zero-order chi connectivity index (χ0) is 27.2. The van der Waals surface area contributed by atoms with Gasteiger partial charge in [0.2, 0.25) is 0 Å². The van der Waals surface area contributed by atoms with Gasteiger partial charge in [-0.15, -0.1) is 0 Å². The van der Waals surface area contributed by atoms with Crippen molar-refractivity contribution in [3.63, 3.8) is 0 Å². The second kappa shape index (κ2) is 11.9. The van der Waals surface area contributed by atoms with Crippen molar-refractivity contribution in [2.24, 2.45) is 0 Å². The van der Waals surface area contributed by atoms with Crippen LogP contribution in [0.1, 0.15) is 18.1 Å². The summed E-state index contributed by atoms with van der Waals surface area (Å²) in [4.78, 5) is 37.6. The molecule has 1 fully saturated rings. The van der Waals surface area contributed by atoms with Crippen molar-refractivity contribution >= 4 is 63.3 Å². The first-order valence-corrected chi connectivity index (χ1v) is 12.8. The number of nitro benzene ring substituents is 1. The van der Waals surface area contributed by atoms with Crippen LogP contribution >= 0.6 is 24.0 Å². The Bertz CT molecular complexity index is 1440. The quantitative estimate of drug-likeness (QED) is 0.156. The number of nitrogens with zero attached hydrogens (tertiary/aromatic N) is 2. The summed E-state index contributed by atoms with van der Waals surface area (Å²) in [6.07, 6.45) is 1.68. The highest BCUT2D eigenvalue weighted by atomic mass is 32.2. The molecule has 3 aromatic rings. The van der Waals surface area contributed by atoms with E-state index in [0.29, 0.717) is 44.3 Å². The fraction of sp³-hybridized carbons (Fsp3) is 0.148. The summed E-state index contributed by atoms with van der Waals surface area (Å²) in [5.74, 6) is 0.180. The van der Waals surface area contributed by atoms with Crippen molar-refractivity contribution in [3.8, 4) is 11.5 Å². The van der Waals surface area contributed by atoms with Crippen molar-refractivity contribution < 1.29 is 24.0 Å². The van der Waals surface area contributed by atoms with E-state index in [4.69, 9.17) is 21.7 Å². The van der Waals surface area contributed by atoms with Crippen LogP contribution in [0.15, 0.2) is 71.6 Å². The molecule has 11 heteroatoms. The van der Waals surface area contributed by atoms with E-state index in [0.717, 1.165) is 17.3 Å². The van der Waals surface area contributed by atoms with E-state index in [9.17, 15) is 19.7 Å². The zero-order valence-electron chi connectivity index (χ0n) is 20.5. The molecule has 2 amide bonds. The van der Waals surface area contributed by atoms with Crippen LogP contribution in [0.3, 0.4) is 0 Å². The third-order valence-electron chi connectivity index (χ3n) is 5.46. The fourth-order valence-electron chi connectivity index (χ4n) is 3.61. The Hall–Kier alpha value is -4.22. The van der Waals surface area contributed by atoms with Gasteiger partial charge in [-0.1, -0.05) is 48.2 Å². The fourth-order valence-corrected chi connectivity index (χ4v) is 4.91. The summed E-state index contributed by atoms with van der Waals surface area (Å²) in [5.41, 5.74) is 2.71. The van der Waals surface area contributed by atoms with Gasteiger partial charge in [-0.2, -0.15) is 0 Å². The van der Waals surface area contributed by atoms with Gasteiger partial charge in [0.1, 0.15) is 0 Å². The van der Waals surface area contributed by atoms with Crippen LogP contribution in [0.4, 0.5) is 17.1 Å². The largest absolute Gasteiger partial charge is 0.490 e. The number of carbonyl (C=O) groups is 2. The minimum atomic E-state index is -0.506. The highest BCUT2D eigenvalue weighted by Crippen LogP contribution is 2.37. The van der Waals surface area contributed by atoms with E-state index in [1.54, 1.807) is 24.3 Å². The molecule has 0 saturated carbocycles. The van der Waals surface area contributed by atoms with Gasteiger partial charge in [0, 0.05) is 17.8 Å². The first kappa shape index (κ1) is 26.8. The number of para-hydroxylation sites is 1. The number of amides is 2. The maximum Gasteiger partial charge on any atom is 0.270 e. The second-order valence-corrected chi connectivity index (χ2v) is 9.76. The molecule has 9 nitrogen and oxygen atoms in total. The number of thioether (sulfide) groups is 1. The molecule has 0 atom stereocenters. The summed E-state index contributed by atoms with van der Waals surface area (Å²) in [6.45, 7) is 3.90. The molecule has 0 bridgehead atoms. The van der Waals surface area contributed by atoms with Crippen LogP contribution in [0, 0.1) is 17.0 Å². The van der Waals surface area contributed by atoms with Gasteiger partial charge in [0.15, 0.2) is 22.4 Å². The third-order valence-corrected chi connectivity index (χ3v) is 6.76. The molecule has 0 radical (unpaired) electrons. The van der Waals surface area contributed by atoms with Gasteiger partial charge in [0.05, 0.1) is 22.1 Å². The molecule has 1 aliphatic rings.